The summed E-state index contributed by atoms with van der Waals surface area (Å²) < 4.78 is 1.32. The van der Waals surface area contributed by atoms with Crippen molar-refractivity contribution in [2.45, 2.75) is 52.6 Å². The Morgan fingerprint density at radius 3 is 2.48 bits per heavy atom. The molecule has 1 aliphatic rings. The minimum absolute atomic E-state index is 0.0103. The molecule has 6 heteroatoms. The fourth-order valence-electron chi connectivity index (χ4n) is 2.97. The predicted octanol–water partition coefficient (Wildman–Crippen LogP) is 2.04. The normalized spacial score (nSPS) is 19.9. The highest BCUT2D eigenvalue weighted by molar-refractivity contribution is 6.30. The zero-order valence-electron chi connectivity index (χ0n) is 13.1. The Morgan fingerprint density at radius 2 is 1.95 bits per heavy atom. The van der Waals surface area contributed by atoms with Gasteiger partial charge in [-0.25, -0.2) is 4.79 Å². The highest BCUT2D eigenvalue weighted by Crippen LogP contribution is 2.20. The number of H-pyrrole nitrogens is 1. The molecular weight excluding hydrogens is 290 g/mol. The molecule has 0 bridgehead atoms. The van der Waals surface area contributed by atoms with Gasteiger partial charge in [-0.15, -0.1) is 0 Å². The molecule has 0 amide bonds. The van der Waals surface area contributed by atoms with Gasteiger partial charge in [0.05, 0.1) is 5.56 Å². The fraction of sp³-hybridized carbons (Fsp3) is 0.733. The Balaban J connectivity index is 2.28. The van der Waals surface area contributed by atoms with Crippen molar-refractivity contribution in [1.29, 1.82) is 0 Å². The van der Waals surface area contributed by atoms with Crippen molar-refractivity contribution in [3.8, 4) is 0 Å². The van der Waals surface area contributed by atoms with E-state index in [2.05, 4.69) is 23.7 Å². The molecule has 5 nitrogen and oxygen atoms in total. The zero-order chi connectivity index (χ0) is 15.7. The Labute approximate surface area is 129 Å². The summed E-state index contributed by atoms with van der Waals surface area (Å²) in [5.41, 5.74) is -0.158. The Morgan fingerprint density at radius 1 is 1.29 bits per heavy atom. The first kappa shape index (κ1) is 16.3. The van der Waals surface area contributed by atoms with Crippen LogP contribution in [0.5, 0.6) is 0 Å². The maximum Gasteiger partial charge on any atom is 0.329 e. The first-order chi connectivity index (χ1) is 9.81. The molecule has 1 fully saturated rings. The lowest BCUT2D eigenvalue weighted by Gasteiger charge is -2.20. The van der Waals surface area contributed by atoms with Crippen LogP contribution in [0.3, 0.4) is 0 Å². The van der Waals surface area contributed by atoms with Crippen LogP contribution in [0, 0.1) is 5.92 Å². The SMILES string of the molecule is CC(C)c1c(Cl)[nH]c(=O)n(CC2CCN(C(C)C)C2)c1=O. The maximum atomic E-state index is 12.5. The quantitative estimate of drug-likeness (QED) is 0.865. The van der Waals surface area contributed by atoms with E-state index in [1.54, 1.807) is 0 Å². The van der Waals surface area contributed by atoms with Gasteiger partial charge < -0.3 is 4.90 Å². The molecular formula is C15H24ClN3O2. The lowest BCUT2D eigenvalue weighted by Crippen LogP contribution is -2.40. The largest absolute Gasteiger partial charge is 0.329 e. The van der Waals surface area contributed by atoms with E-state index < -0.39 is 5.69 Å². The van der Waals surface area contributed by atoms with Crippen molar-refractivity contribution in [3.05, 3.63) is 31.6 Å². The van der Waals surface area contributed by atoms with Gasteiger partial charge in [-0.1, -0.05) is 25.4 Å². The summed E-state index contributed by atoms with van der Waals surface area (Å²) >= 11 is 6.01. The molecule has 2 heterocycles. The van der Waals surface area contributed by atoms with Crippen molar-refractivity contribution >= 4 is 11.6 Å². The Hall–Kier alpha value is -1.07. The van der Waals surface area contributed by atoms with Gasteiger partial charge in [-0.3, -0.25) is 14.3 Å². The van der Waals surface area contributed by atoms with E-state index in [0.717, 1.165) is 19.5 Å². The van der Waals surface area contributed by atoms with Crippen molar-refractivity contribution in [2.24, 2.45) is 5.92 Å². The Bertz CT molecular complexity index is 618. The number of likely N-dealkylation sites (tertiary alicyclic amines) is 1. The molecule has 1 atom stereocenters. The number of aromatic nitrogens is 2. The van der Waals surface area contributed by atoms with Gasteiger partial charge >= 0.3 is 5.69 Å². The van der Waals surface area contributed by atoms with Gasteiger partial charge in [-0.2, -0.15) is 0 Å². The molecule has 1 aliphatic heterocycles. The molecule has 1 aromatic rings. The predicted molar refractivity (Wildman–Crippen MR) is 85.2 cm³/mol. The molecule has 1 aromatic heterocycles. The molecule has 1 unspecified atom stereocenters. The third-order valence-electron chi connectivity index (χ3n) is 4.24. The van der Waals surface area contributed by atoms with Gasteiger partial charge in [-0.05, 0) is 38.6 Å². The van der Waals surface area contributed by atoms with Crippen LogP contribution in [-0.2, 0) is 6.54 Å². The molecule has 1 N–H and O–H groups in total. The van der Waals surface area contributed by atoms with Crippen molar-refractivity contribution < 1.29 is 0 Å². The van der Waals surface area contributed by atoms with E-state index in [4.69, 9.17) is 11.6 Å². The van der Waals surface area contributed by atoms with Gasteiger partial charge in [0.15, 0.2) is 0 Å². The van der Waals surface area contributed by atoms with Crippen LogP contribution in [0.2, 0.25) is 5.15 Å². The van der Waals surface area contributed by atoms with Crippen LogP contribution in [-0.4, -0.2) is 33.6 Å². The number of nitrogens with one attached hydrogen (secondary N) is 1. The third kappa shape index (κ3) is 3.40. The second kappa shape index (κ2) is 6.36. The lowest BCUT2D eigenvalue weighted by atomic mass is 10.1. The minimum atomic E-state index is -0.405. The van der Waals surface area contributed by atoms with Gasteiger partial charge in [0.25, 0.3) is 5.56 Å². The summed E-state index contributed by atoms with van der Waals surface area (Å²) in [5.74, 6) is 0.330. The molecule has 118 valence electrons. The lowest BCUT2D eigenvalue weighted by molar-refractivity contribution is 0.259. The first-order valence-electron chi connectivity index (χ1n) is 7.57. The number of hydrogen-bond donors (Lipinski definition) is 1. The highest BCUT2D eigenvalue weighted by Gasteiger charge is 2.26. The summed E-state index contributed by atoms with van der Waals surface area (Å²) in [6, 6.07) is 0.501. The van der Waals surface area contributed by atoms with Crippen LogP contribution in [0.15, 0.2) is 9.59 Å². The smallest absolute Gasteiger partial charge is 0.301 e. The molecule has 0 aromatic carbocycles. The molecule has 0 radical (unpaired) electrons. The molecule has 0 aliphatic carbocycles. The van der Waals surface area contributed by atoms with Crippen molar-refractivity contribution in [2.75, 3.05) is 13.1 Å². The summed E-state index contributed by atoms with van der Waals surface area (Å²) in [7, 11) is 0. The molecule has 21 heavy (non-hydrogen) atoms. The summed E-state index contributed by atoms with van der Waals surface area (Å²) in [6.07, 6.45) is 1.02. The average Bonchev–Trinajstić information content (AvgIpc) is 2.82. The third-order valence-corrected chi connectivity index (χ3v) is 4.54. The summed E-state index contributed by atoms with van der Waals surface area (Å²) in [4.78, 5) is 29.5. The number of halogens is 1. The topological polar surface area (TPSA) is 58.1 Å². The number of nitrogens with zero attached hydrogens (tertiary/aromatic N) is 2. The van der Waals surface area contributed by atoms with E-state index in [0.29, 0.717) is 24.1 Å². The van der Waals surface area contributed by atoms with Crippen LogP contribution in [0.1, 0.15) is 45.6 Å². The number of aromatic amines is 1. The monoisotopic (exact) mass is 313 g/mol. The fourth-order valence-corrected chi connectivity index (χ4v) is 3.35. The second-order valence-corrected chi connectivity index (χ2v) is 6.85. The van der Waals surface area contributed by atoms with Gasteiger partial charge in [0, 0.05) is 19.1 Å². The first-order valence-corrected chi connectivity index (χ1v) is 7.95. The standard InChI is InChI=1S/C15H24ClN3O2/c1-9(2)12-13(16)17-15(21)19(14(12)20)8-11-5-6-18(7-11)10(3)4/h9-11H,5-8H2,1-4H3,(H,17,21). The number of rotatable bonds is 4. The van der Waals surface area contributed by atoms with E-state index >= 15 is 0 Å². The van der Waals surface area contributed by atoms with Crippen LogP contribution >= 0.6 is 11.6 Å². The van der Waals surface area contributed by atoms with Crippen LogP contribution in [0.25, 0.3) is 0 Å². The van der Waals surface area contributed by atoms with E-state index in [9.17, 15) is 9.59 Å². The zero-order valence-corrected chi connectivity index (χ0v) is 13.9. The van der Waals surface area contributed by atoms with Gasteiger partial charge in [0.1, 0.15) is 5.15 Å². The van der Waals surface area contributed by atoms with Crippen molar-refractivity contribution in [3.63, 3.8) is 0 Å². The van der Waals surface area contributed by atoms with Crippen molar-refractivity contribution in [1.82, 2.24) is 14.5 Å². The highest BCUT2D eigenvalue weighted by atomic mass is 35.5. The number of hydrogen-bond acceptors (Lipinski definition) is 3. The summed E-state index contributed by atoms with van der Waals surface area (Å²) in [5, 5.41) is 0.173. The van der Waals surface area contributed by atoms with Gasteiger partial charge in [0.2, 0.25) is 0 Å². The van der Waals surface area contributed by atoms with E-state index in [1.807, 2.05) is 13.8 Å². The molecule has 0 saturated carbocycles. The molecule has 2 rings (SSSR count). The van der Waals surface area contributed by atoms with E-state index in [1.165, 1.54) is 4.57 Å². The van der Waals surface area contributed by atoms with Crippen LogP contribution in [0.4, 0.5) is 0 Å². The van der Waals surface area contributed by atoms with Crippen LogP contribution < -0.4 is 11.2 Å². The molecule has 1 saturated heterocycles. The summed E-state index contributed by atoms with van der Waals surface area (Å²) in [6.45, 7) is 10.6. The molecule has 0 spiro atoms. The maximum absolute atomic E-state index is 12.5. The Kier molecular flexibility index (Phi) is 4.94. The second-order valence-electron chi connectivity index (χ2n) is 6.47. The van der Waals surface area contributed by atoms with E-state index in [-0.39, 0.29) is 16.6 Å². The average molecular weight is 314 g/mol. The minimum Gasteiger partial charge on any atom is -0.301 e.